The normalized spacial score (nSPS) is 13.5. The molecule has 13 heavy (non-hydrogen) atoms. The first-order valence-electron chi connectivity index (χ1n) is 4.57. The lowest BCUT2D eigenvalue weighted by atomic mass is 10.3. The minimum Gasteiger partial charge on any atom is -0.347 e. The summed E-state index contributed by atoms with van der Waals surface area (Å²) in [5.41, 5.74) is 0. The molecule has 0 fully saturated rings. The van der Waals surface area contributed by atoms with Crippen LogP contribution in [0.15, 0.2) is 12.4 Å². The third kappa shape index (κ3) is 3.57. The van der Waals surface area contributed by atoms with Gasteiger partial charge in [0.15, 0.2) is 0 Å². The molecule has 4 heteroatoms. The maximum absolute atomic E-state index is 4.18. The number of hydrogen-bond donors (Lipinski definition) is 2. The molecule has 0 saturated carbocycles. The van der Waals surface area contributed by atoms with Crippen molar-refractivity contribution in [3.63, 3.8) is 0 Å². The number of H-pyrrole nitrogens is 1. The van der Waals surface area contributed by atoms with Gasteiger partial charge in [0.1, 0.15) is 5.82 Å². The van der Waals surface area contributed by atoms with Crippen molar-refractivity contribution in [3.05, 3.63) is 18.2 Å². The largest absolute Gasteiger partial charge is 0.347 e. The van der Waals surface area contributed by atoms with Crippen LogP contribution in [-0.4, -0.2) is 42.1 Å². The van der Waals surface area contributed by atoms with Crippen molar-refractivity contribution in [1.29, 1.82) is 0 Å². The fourth-order valence-electron chi connectivity index (χ4n) is 1.12. The lowest BCUT2D eigenvalue weighted by molar-refractivity contribution is 0.387. The molecule has 1 heterocycles. The van der Waals surface area contributed by atoms with E-state index in [9.17, 15) is 0 Å². The minimum atomic E-state index is 0.301. The maximum Gasteiger partial charge on any atom is 0.122 e. The van der Waals surface area contributed by atoms with Gasteiger partial charge in [-0.25, -0.2) is 4.98 Å². The number of hydrogen-bond acceptors (Lipinski definition) is 3. The summed E-state index contributed by atoms with van der Waals surface area (Å²) < 4.78 is 0. The third-order valence-electron chi connectivity index (χ3n) is 1.94. The average Bonchev–Trinajstić information content (AvgIpc) is 2.55. The summed E-state index contributed by atoms with van der Waals surface area (Å²) in [5, 5.41) is 3.38. The number of imidazole rings is 1. The van der Waals surface area contributed by atoms with Crippen LogP contribution in [0, 0.1) is 0 Å². The lowest BCUT2D eigenvalue weighted by Crippen LogP contribution is -2.28. The first-order chi connectivity index (χ1) is 6.20. The Hall–Kier alpha value is -0.870. The molecule has 0 aliphatic carbocycles. The van der Waals surface area contributed by atoms with Crippen molar-refractivity contribution in [2.24, 2.45) is 0 Å². The van der Waals surface area contributed by atoms with Crippen molar-refractivity contribution < 1.29 is 0 Å². The first kappa shape index (κ1) is 10.2. The molecule has 1 unspecified atom stereocenters. The minimum absolute atomic E-state index is 0.301. The van der Waals surface area contributed by atoms with Crippen LogP contribution in [-0.2, 0) is 0 Å². The fourth-order valence-corrected chi connectivity index (χ4v) is 1.12. The first-order valence-corrected chi connectivity index (χ1v) is 4.57. The van der Waals surface area contributed by atoms with Gasteiger partial charge < -0.3 is 15.2 Å². The highest BCUT2D eigenvalue weighted by Gasteiger charge is 2.05. The smallest absolute Gasteiger partial charge is 0.122 e. The monoisotopic (exact) mass is 182 g/mol. The van der Waals surface area contributed by atoms with Gasteiger partial charge in [-0.05, 0) is 21.0 Å². The molecular formula is C9H18N4. The van der Waals surface area contributed by atoms with E-state index in [4.69, 9.17) is 0 Å². The lowest BCUT2D eigenvalue weighted by Gasteiger charge is -2.14. The number of aromatic amines is 1. The summed E-state index contributed by atoms with van der Waals surface area (Å²) >= 11 is 0. The number of rotatable bonds is 5. The van der Waals surface area contributed by atoms with Crippen molar-refractivity contribution in [3.8, 4) is 0 Å². The molecule has 0 aliphatic heterocycles. The van der Waals surface area contributed by atoms with Crippen LogP contribution in [0.25, 0.3) is 0 Å². The van der Waals surface area contributed by atoms with Crippen molar-refractivity contribution in [1.82, 2.24) is 20.2 Å². The maximum atomic E-state index is 4.18. The summed E-state index contributed by atoms with van der Waals surface area (Å²) in [6.45, 7) is 4.13. The van der Waals surface area contributed by atoms with E-state index in [-0.39, 0.29) is 0 Å². The van der Waals surface area contributed by atoms with Crippen LogP contribution in [0.4, 0.5) is 0 Å². The van der Waals surface area contributed by atoms with E-state index < -0.39 is 0 Å². The van der Waals surface area contributed by atoms with Gasteiger partial charge in [0, 0.05) is 25.5 Å². The SMILES string of the molecule is CC(NCCN(C)C)c1ncc[nH]1. The Morgan fingerprint density at radius 1 is 1.62 bits per heavy atom. The molecule has 0 spiro atoms. The Bertz CT molecular complexity index is 218. The van der Waals surface area contributed by atoms with E-state index in [1.54, 1.807) is 6.20 Å². The highest BCUT2D eigenvalue weighted by atomic mass is 15.1. The van der Waals surface area contributed by atoms with E-state index in [1.807, 2.05) is 6.20 Å². The summed E-state index contributed by atoms with van der Waals surface area (Å²) in [6.07, 6.45) is 3.62. The molecule has 1 aromatic heterocycles. The van der Waals surface area contributed by atoms with Crippen LogP contribution in [0.3, 0.4) is 0 Å². The zero-order valence-electron chi connectivity index (χ0n) is 8.54. The molecule has 1 aromatic rings. The predicted octanol–water partition coefficient (Wildman–Crippen LogP) is 0.622. The zero-order valence-corrected chi connectivity index (χ0v) is 8.54. The zero-order chi connectivity index (χ0) is 9.68. The highest BCUT2D eigenvalue weighted by molar-refractivity contribution is 4.93. The fraction of sp³-hybridized carbons (Fsp3) is 0.667. The van der Waals surface area contributed by atoms with Gasteiger partial charge in [-0.2, -0.15) is 0 Å². The predicted molar refractivity (Wildman–Crippen MR) is 53.6 cm³/mol. The summed E-state index contributed by atoms with van der Waals surface area (Å²) in [7, 11) is 4.14. The van der Waals surface area contributed by atoms with Gasteiger partial charge in [-0.15, -0.1) is 0 Å². The molecule has 0 aromatic carbocycles. The number of nitrogens with zero attached hydrogens (tertiary/aromatic N) is 2. The Kier molecular flexibility index (Phi) is 3.92. The van der Waals surface area contributed by atoms with E-state index in [1.165, 1.54) is 0 Å². The summed E-state index contributed by atoms with van der Waals surface area (Å²) in [4.78, 5) is 9.42. The molecule has 74 valence electrons. The van der Waals surface area contributed by atoms with Crippen molar-refractivity contribution >= 4 is 0 Å². The average molecular weight is 182 g/mol. The molecular weight excluding hydrogens is 164 g/mol. The van der Waals surface area contributed by atoms with Crippen LogP contribution in [0.2, 0.25) is 0 Å². The molecule has 1 rings (SSSR count). The Morgan fingerprint density at radius 2 is 2.38 bits per heavy atom. The molecule has 0 amide bonds. The van der Waals surface area contributed by atoms with Crippen LogP contribution < -0.4 is 5.32 Å². The third-order valence-corrected chi connectivity index (χ3v) is 1.94. The number of likely N-dealkylation sites (N-methyl/N-ethyl adjacent to an activating group) is 1. The number of nitrogens with one attached hydrogen (secondary N) is 2. The van der Waals surface area contributed by atoms with Crippen LogP contribution >= 0.6 is 0 Å². The van der Waals surface area contributed by atoms with Crippen LogP contribution in [0.5, 0.6) is 0 Å². The summed E-state index contributed by atoms with van der Waals surface area (Å²) in [6, 6.07) is 0.301. The van der Waals surface area contributed by atoms with E-state index in [2.05, 4.69) is 41.2 Å². The second-order valence-corrected chi connectivity index (χ2v) is 3.45. The van der Waals surface area contributed by atoms with E-state index in [0.29, 0.717) is 6.04 Å². The molecule has 0 saturated heterocycles. The van der Waals surface area contributed by atoms with Gasteiger partial charge in [0.2, 0.25) is 0 Å². The van der Waals surface area contributed by atoms with Crippen LogP contribution in [0.1, 0.15) is 18.8 Å². The second-order valence-electron chi connectivity index (χ2n) is 3.45. The highest BCUT2D eigenvalue weighted by Crippen LogP contribution is 2.03. The standard InChI is InChI=1S/C9H18N4/c1-8(9-11-4-5-12-9)10-6-7-13(2)3/h4-5,8,10H,6-7H2,1-3H3,(H,11,12). The Labute approximate surface area is 79.4 Å². The Balaban J connectivity index is 2.22. The topological polar surface area (TPSA) is 44.0 Å². The van der Waals surface area contributed by atoms with Gasteiger partial charge in [-0.1, -0.05) is 0 Å². The molecule has 1 atom stereocenters. The Morgan fingerprint density at radius 3 is 2.92 bits per heavy atom. The molecule has 0 aliphatic rings. The van der Waals surface area contributed by atoms with E-state index in [0.717, 1.165) is 18.9 Å². The van der Waals surface area contributed by atoms with Gasteiger partial charge >= 0.3 is 0 Å². The molecule has 4 nitrogen and oxygen atoms in total. The molecule has 0 radical (unpaired) electrons. The van der Waals surface area contributed by atoms with E-state index >= 15 is 0 Å². The number of aromatic nitrogens is 2. The quantitative estimate of drug-likeness (QED) is 0.701. The molecule has 2 N–H and O–H groups in total. The summed E-state index contributed by atoms with van der Waals surface area (Å²) in [5.74, 6) is 0.999. The second kappa shape index (κ2) is 4.99. The van der Waals surface area contributed by atoms with Gasteiger partial charge in [0.05, 0.1) is 6.04 Å². The van der Waals surface area contributed by atoms with Crippen molar-refractivity contribution in [2.45, 2.75) is 13.0 Å². The van der Waals surface area contributed by atoms with Crippen molar-refractivity contribution in [2.75, 3.05) is 27.2 Å². The van der Waals surface area contributed by atoms with Gasteiger partial charge in [-0.3, -0.25) is 0 Å². The van der Waals surface area contributed by atoms with Gasteiger partial charge in [0.25, 0.3) is 0 Å². The molecule has 0 bridgehead atoms.